The summed E-state index contributed by atoms with van der Waals surface area (Å²) in [6.45, 7) is 4.41. The third kappa shape index (κ3) is 4.97. The van der Waals surface area contributed by atoms with Crippen molar-refractivity contribution in [2.75, 3.05) is 56.7 Å². The van der Waals surface area contributed by atoms with E-state index in [9.17, 15) is 4.79 Å². The average Bonchev–Trinajstić information content (AvgIpc) is 2.66. The van der Waals surface area contributed by atoms with Crippen LogP contribution in [0, 0.1) is 6.92 Å². The third-order valence-corrected chi connectivity index (χ3v) is 4.98. The third-order valence-electron chi connectivity index (χ3n) is 4.45. The molecular formula is C19H23Cl2N5O2. The van der Waals surface area contributed by atoms with Crippen molar-refractivity contribution in [1.29, 1.82) is 0 Å². The number of halogens is 2. The van der Waals surface area contributed by atoms with Gasteiger partial charge in [-0.05, 0) is 25.1 Å². The van der Waals surface area contributed by atoms with Gasteiger partial charge in [-0.15, -0.1) is 0 Å². The molecule has 2 aromatic rings. The summed E-state index contributed by atoms with van der Waals surface area (Å²) in [5, 5.41) is 0.911. The number of benzene rings is 1. The Kier molecular flexibility index (Phi) is 6.46. The van der Waals surface area contributed by atoms with E-state index in [1.807, 2.05) is 32.0 Å². The van der Waals surface area contributed by atoms with Crippen molar-refractivity contribution >= 4 is 40.9 Å². The van der Waals surface area contributed by atoms with Crippen molar-refractivity contribution in [2.24, 2.45) is 0 Å². The molecule has 2 heterocycles. The van der Waals surface area contributed by atoms with Gasteiger partial charge in [-0.1, -0.05) is 23.2 Å². The number of amides is 1. The van der Waals surface area contributed by atoms with E-state index in [4.69, 9.17) is 27.9 Å². The van der Waals surface area contributed by atoms with Crippen LogP contribution in [0.2, 0.25) is 10.0 Å². The van der Waals surface area contributed by atoms with Gasteiger partial charge in [0.1, 0.15) is 11.6 Å². The smallest absolute Gasteiger partial charge is 0.260 e. The number of aryl methyl sites for hydroxylation is 1. The van der Waals surface area contributed by atoms with Crippen molar-refractivity contribution < 1.29 is 9.53 Å². The number of aromatic nitrogens is 2. The largest absolute Gasteiger partial charge is 0.482 e. The number of rotatable bonds is 5. The first-order chi connectivity index (χ1) is 13.3. The summed E-state index contributed by atoms with van der Waals surface area (Å²) < 4.78 is 5.55. The van der Waals surface area contributed by atoms with Crippen molar-refractivity contribution in [1.82, 2.24) is 14.9 Å². The maximum atomic E-state index is 12.5. The lowest BCUT2D eigenvalue weighted by atomic mass is 10.3. The molecule has 1 aromatic carbocycles. The molecule has 0 spiro atoms. The van der Waals surface area contributed by atoms with Crippen molar-refractivity contribution in [3.63, 3.8) is 0 Å². The maximum absolute atomic E-state index is 12.5. The number of anilines is 2. The van der Waals surface area contributed by atoms with Gasteiger partial charge in [-0.2, -0.15) is 4.98 Å². The number of carbonyl (C=O) groups excluding carboxylic acids is 1. The van der Waals surface area contributed by atoms with Crippen molar-refractivity contribution in [2.45, 2.75) is 6.92 Å². The number of piperazine rings is 1. The maximum Gasteiger partial charge on any atom is 0.260 e. The zero-order valence-electron chi connectivity index (χ0n) is 16.2. The molecule has 7 nitrogen and oxygen atoms in total. The van der Waals surface area contributed by atoms with Gasteiger partial charge in [0.05, 0.1) is 5.02 Å². The topological polar surface area (TPSA) is 61.8 Å². The Morgan fingerprint density at radius 3 is 2.50 bits per heavy atom. The second kappa shape index (κ2) is 8.84. The lowest BCUT2D eigenvalue weighted by Gasteiger charge is -2.35. The van der Waals surface area contributed by atoms with E-state index in [0.29, 0.717) is 47.9 Å². The molecule has 0 unspecified atom stereocenters. The molecule has 9 heteroatoms. The van der Waals surface area contributed by atoms with E-state index in [0.717, 1.165) is 11.5 Å². The molecule has 0 N–H and O–H groups in total. The van der Waals surface area contributed by atoms with E-state index in [2.05, 4.69) is 14.9 Å². The quantitative estimate of drug-likeness (QED) is 0.736. The standard InChI is InChI=1S/C19H23Cl2N5O2/c1-13-10-17(24(2)3)23-19(22-13)26-8-6-25(7-9-26)18(27)12-28-16-5-4-14(20)11-15(16)21/h4-5,10-11H,6-9,12H2,1-3H3. The van der Waals surface area contributed by atoms with Crippen LogP contribution in [-0.2, 0) is 4.79 Å². The number of carbonyl (C=O) groups is 1. The molecule has 1 fully saturated rings. The minimum Gasteiger partial charge on any atom is -0.482 e. The first-order valence-electron chi connectivity index (χ1n) is 8.97. The minimum absolute atomic E-state index is 0.0624. The Balaban J connectivity index is 1.55. The number of nitrogens with zero attached hydrogens (tertiary/aromatic N) is 5. The molecule has 1 aromatic heterocycles. The summed E-state index contributed by atoms with van der Waals surface area (Å²) >= 11 is 11.9. The van der Waals surface area contributed by atoms with Gasteiger partial charge in [0.15, 0.2) is 6.61 Å². The summed E-state index contributed by atoms with van der Waals surface area (Å²) in [4.78, 5) is 27.4. The minimum atomic E-state index is -0.0789. The zero-order valence-corrected chi connectivity index (χ0v) is 17.7. The summed E-state index contributed by atoms with van der Waals surface area (Å²) in [7, 11) is 3.91. The van der Waals surface area contributed by atoms with Gasteiger partial charge < -0.3 is 19.4 Å². The van der Waals surface area contributed by atoms with E-state index < -0.39 is 0 Å². The van der Waals surface area contributed by atoms with E-state index >= 15 is 0 Å². The molecule has 0 aliphatic carbocycles. The highest BCUT2D eigenvalue weighted by molar-refractivity contribution is 6.35. The van der Waals surface area contributed by atoms with Crippen LogP contribution < -0.4 is 14.5 Å². The monoisotopic (exact) mass is 423 g/mol. The van der Waals surface area contributed by atoms with Gasteiger partial charge in [-0.3, -0.25) is 4.79 Å². The van der Waals surface area contributed by atoms with Gasteiger partial charge in [-0.25, -0.2) is 4.98 Å². The molecule has 1 aliphatic rings. The Morgan fingerprint density at radius 2 is 1.86 bits per heavy atom. The summed E-state index contributed by atoms with van der Waals surface area (Å²) in [5.74, 6) is 1.93. The molecule has 1 aliphatic heterocycles. The Labute approximate surface area is 174 Å². The summed E-state index contributed by atoms with van der Waals surface area (Å²) in [6.07, 6.45) is 0. The number of hydrogen-bond acceptors (Lipinski definition) is 6. The Morgan fingerprint density at radius 1 is 1.14 bits per heavy atom. The van der Waals surface area contributed by atoms with E-state index in [-0.39, 0.29) is 12.5 Å². The fraction of sp³-hybridized carbons (Fsp3) is 0.421. The highest BCUT2D eigenvalue weighted by Crippen LogP contribution is 2.27. The second-order valence-corrected chi connectivity index (χ2v) is 7.64. The molecule has 0 bridgehead atoms. The van der Waals surface area contributed by atoms with Crippen LogP contribution in [0.4, 0.5) is 11.8 Å². The highest BCUT2D eigenvalue weighted by atomic mass is 35.5. The molecule has 0 radical (unpaired) electrons. The van der Waals surface area contributed by atoms with Crippen LogP contribution >= 0.6 is 23.2 Å². The first-order valence-corrected chi connectivity index (χ1v) is 9.72. The molecule has 3 rings (SSSR count). The fourth-order valence-corrected chi connectivity index (χ4v) is 3.35. The molecule has 0 atom stereocenters. The van der Waals surface area contributed by atoms with Crippen molar-refractivity contribution in [3.8, 4) is 5.75 Å². The molecule has 28 heavy (non-hydrogen) atoms. The average molecular weight is 424 g/mol. The van der Waals surface area contributed by atoms with E-state index in [1.165, 1.54) is 0 Å². The normalized spacial score (nSPS) is 14.2. The van der Waals surface area contributed by atoms with E-state index in [1.54, 1.807) is 23.1 Å². The van der Waals surface area contributed by atoms with Crippen LogP contribution in [0.5, 0.6) is 5.75 Å². The highest BCUT2D eigenvalue weighted by Gasteiger charge is 2.23. The predicted octanol–water partition coefficient (Wildman–Crippen LogP) is 2.89. The second-order valence-electron chi connectivity index (χ2n) is 6.79. The van der Waals surface area contributed by atoms with Crippen LogP contribution in [0.1, 0.15) is 5.69 Å². The van der Waals surface area contributed by atoms with Gasteiger partial charge >= 0.3 is 0 Å². The zero-order chi connectivity index (χ0) is 20.3. The van der Waals surface area contributed by atoms with Gasteiger partial charge in [0.2, 0.25) is 5.95 Å². The van der Waals surface area contributed by atoms with Gasteiger partial charge in [0.25, 0.3) is 5.91 Å². The molecule has 1 saturated heterocycles. The van der Waals surface area contributed by atoms with Crippen LogP contribution in [0.3, 0.4) is 0 Å². The Hall–Kier alpha value is -2.25. The summed E-state index contributed by atoms with van der Waals surface area (Å²) in [5.41, 5.74) is 0.917. The SMILES string of the molecule is Cc1cc(N(C)C)nc(N2CCN(C(=O)COc3ccc(Cl)cc3Cl)CC2)n1. The first kappa shape index (κ1) is 20.5. The predicted molar refractivity (Wildman–Crippen MR) is 112 cm³/mol. The van der Waals surface area contributed by atoms with Crippen molar-refractivity contribution in [3.05, 3.63) is 40.0 Å². The molecule has 0 saturated carbocycles. The lowest BCUT2D eigenvalue weighted by molar-refractivity contribution is -0.133. The number of hydrogen-bond donors (Lipinski definition) is 0. The van der Waals surface area contributed by atoms with Crippen LogP contribution in [0.15, 0.2) is 24.3 Å². The number of ether oxygens (including phenoxy) is 1. The van der Waals surface area contributed by atoms with Crippen LogP contribution in [-0.4, -0.2) is 67.7 Å². The molecular weight excluding hydrogens is 401 g/mol. The van der Waals surface area contributed by atoms with Crippen LogP contribution in [0.25, 0.3) is 0 Å². The molecule has 150 valence electrons. The van der Waals surface area contributed by atoms with Gasteiger partial charge in [0, 0.05) is 57.1 Å². The summed E-state index contributed by atoms with van der Waals surface area (Å²) in [6, 6.07) is 6.87. The molecule has 1 amide bonds. The Bertz CT molecular complexity index is 854. The fourth-order valence-electron chi connectivity index (χ4n) is 2.89. The lowest BCUT2D eigenvalue weighted by Crippen LogP contribution is -2.50.